The molecule has 2 nitrogen and oxygen atoms in total. The molecule has 1 aromatic carbocycles. The maximum absolute atomic E-state index is 6.04. The van der Waals surface area contributed by atoms with E-state index in [1.165, 1.54) is 12.0 Å². The summed E-state index contributed by atoms with van der Waals surface area (Å²) in [6, 6.07) is 8.47. The van der Waals surface area contributed by atoms with Crippen LogP contribution in [0.5, 0.6) is 5.75 Å². The van der Waals surface area contributed by atoms with E-state index in [4.69, 9.17) is 4.74 Å². The van der Waals surface area contributed by atoms with Crippen LogP contribution < -0.4 is 10.1 Å². The fourth-order valence-corrected chi connectivity index (χ4v) is 1.96. The fraction of sp³-hybridized carbons (Fsp3) is 0.625. The maximum atomic E-state index is 6.04. The molecule has 0 radical (unpaired) electrons. The van der Waals surface area contributed by atoms with Crippen molar-refractivity contribution in [3.63, 3.8) is 0 Å². The van der Waals surface area contributed by atoms with Gasteiger partial charge in [-0.3, -0.25) is 0 Å². The standard InChI is InChI=1S/C16H27NO/c1-4-7-16(13-17-12-5-2)18-15-10-8-14(6-3)9-11-15/h8-11,16-17H,4-7,12-13H2,1-3H3. The normalized spacial score (nSPS) is 12.4. The Morgan fingerprint density at radius 1 is 1.06 bits per heavy atom. The Morgan fingerprint density at radius 2 is 1.78 bits per heavy atom. The van der Waals surface area contributed by atoms with E-state index in [1.54, 1.807) is 0 Å². The van der Waals surface area contributed by atoms with Crippen molar-refractivity contribution in [1.29, 1.82) is 0 Å². The highest BCUT2D eigenvalue weighted by Crippen LogP contribution is 2.15. The van der Waals surface area contributed by atoms with Crippen LogP contribution in [-0.4, -0.2) is 19.2 Å². The van der Waals surface area contributed by atoms with E-state index in [0.717, 1.165) is 38.1 Å². The summed E-state index contributed by atoms with van der Waals surface area (Å²) in [5.41, 5.74) is 1.36. The number of hydrogen-bond acceptors (Lipinski definition) is 2. The molecule has 0 fully saturated rings. The second-order valence-electron chi connectivity index (χ2n) is 4.73. The molecule has 1 N–H and O–H groups in total. The minimum atomic E-state index is 0.286. The molecule has 0 aromatic heterocycles. The SMILES string of the molecule is CCCNCC(CCC)Oc1ccc(CC)cc1. The highest BCUT2D eigenvalue weighted by molar-refractivity contribution is 5.27. The maximum Gasteiger partial charge on any atom is 0.119 e. The minimum Gasteiger partial charge on any atom is -0.489 e. The van der Waals surface area contributed by atoms with Crippen molar-refractivity contribution in [3.05, 3.63) is 29.8 Å². The Morgan fingerprint density at radius 3 is 2.33 bits per heavy atom. The predicted molar refractivity (Wildman–Crippen MR) is 78.3 cm³/mol. The first-order valence-electron chi connectivity index (χ1n) is 7.26. The van der Waals surface area contributed by atoms with E-state index >= 15 is 0 Å². The lowest BCUT2D eigenvalue weighted by atomic mass is 10.1. The van der Waals surface area contributed by atoms with E-state index in [-0.39, 0.29) is 6.10 Å². The minimum absolute atomic E-state index is 0.286. The van der Waals surface area contributed by atoms with Crippen molar-refractivity contribution in [2.45, 2.75) is 52.6 Å². The molecule has 18 heavy (non-hydrogen) atoms. The quantitative estimate of drug-likeness (QED) is 0.672. The molecule has 0 saturated carbocycles. The molecule has 0 aliphatic rings. The van der Waals surface area contributed by atoms with Gasteiger partial charge in [0.05, 0.1) is 0 Å². The average molecular weight is 249 g/mol. The molecule has 0 bridgehead atoms. The summed E-state index contributed by atoms with van der Waals surface area (Å²) in [4.78, 5) is 0. The summed E-state index contributed by atoms with van der Waals surface area (Å²) in [6.07, 6.45) is 4.80. The van der Waals surface area contributed by atoms with E-state index in [9.17, 15) is 0 Å². The number of hydrogen-bond donors (Lipinski definition) is 1. The lowest BCUT2D eigenvalue weighted by molar-refractivity contribution is 0.186. The van der Waals surface area contributed by atoms with Crippen molar-refractivity contribution in [2.24, 2.45) is 0 Å². The fourth-order valence-electron chi connectivity index (χ4n) is 1.96. The van der Waals surface area contributed by atoms with Crippen LogP contribution in [0.25, 0.3) is 0 Å². The van der Waals surface area contributed by atoms with E-state index in [1.807, 2.05) is 0 Å². The van der Waals surface area contributed by atoms with Crippen molar-refractivity contribution >= 4 is 0 Å². The molecular formula is C16H27NO. The van der Waals surface area contributed by atoms with Crippen LogP contribution in [-0.2, 0) is 6.42 Å². The molecule has 0 amide bonds. The van der Waals surface area contributed by atoms with Crippen LogP contribution in [0.1, 0.15) is 45.6 Å². The Hall–Kier alpha value is -1.02. The average Bonchev–Trinajstić information content (AvgIpc) is 2.40. The van der Waals surface area contributed by atoms with Crippen LogP contribution >= 0.6 is 0 Å². The van der Waals surface area contributed by atoms with Gasteiger partial charge in [0.25, 0.3) is 0 Å². The van der Waals surface area contributed by atoms with Crippen molar-refractivity contribution in [2.75, 3.05) is 13.1 Å². The molecule has 0 aliphatic heterocycles. The summed E-state index contributed by atoms with van der Waals surface area (Å²) in [5.74, 6) is 0.990. The van der Waals surface area contributed by atoms with Crippen LogP contribution in [0.4, 0.5) is 0 Å². The molecule has 1 unspecified atom stereocenters. The first-order valence-corrected chi connectivity index (χ1v) is 7.26. The zero-order valence-corrected chi connectivity index (χ0v) is 12.0. The van der Waals surface area contributed by atoms with Gasteiger partial charge < -0.3 is 10.1 Å². The third kappa shape index (κ3) is 5.54. The van der Waals surface area contributed by atoms with Gasteiger partial charge in [-0.1, -0.05) is 39.3 Å². The van der Waals surface area contributed by atoms with E-state index in [2.05, 4.69) is 50.4 Å². The summed E-state index contributed by atoms with van der Waals surface area (Å²) < 4.78 is 6.04. The number of ether oxygens (including phenoxy) is 1. The van der Waals surface area contributed by atoms with Gasteiger partial charge >= 0.3 is 0 Å². The van der Waals surface area contributed by atoms with Gasteiger partial charge in [0, 0.05) is 6.54 Å². The summed E-state index contributed by atoms with van der Waals surface area (Å²) >= 11 is 0. The molecule has 0 saturated heterocycles. The van der Waals surface area contributed by atoms with Gasteiger partial charge in [-0.15, -0.1) is 0 Å². The van der Waals surface area contributed by atoms with Gasteiger partial charge in [0.1, 0.15) is 11.9 Å². The summed E-state index contributed by atoms with van der Waals surface area (Å²) in [5, 5.41) is 3.44. The van der Waals surface area contributed by atoms with Gasteiger partial charge in [-0.05, 0) is 43.5 Å². The van der Waals surface area contributed by atoms with Crippen LogP contribution in [0.3, 0.4) is 0 Å². The topological polar surface area (TPSA) is 21.3 Å². The Kier molecular flexibility index (Phi) is 7.51. The molecule has 1 rings (SSSR count). The summed E-state index contributed by atoms with van der Waals surface area (Å²) in [6.45, 7) is 8.57. The largest absolute Gasteiger partial charge is 0.489 e. The summed E-state index contributed by atoms with van der Waals surface area (Å²) in [7, 11) is 0. The molecule has 0 spiro atoms. The third-order valence-electron chi connectivity index (χ3n) is 3.04. The second kappa shape index (κ2) is 8.98. The van der Waals surface area contributed by atoms with Crippen molar-refractivity contribution < 1.29 is 4.74 Å². The zero-order chi connectivity index (χ0) is 13.2. The second-order valence-corrected chi connectivity index (χ2v) is 4.73. The van der Waals surface area contributed by atoms with Gasteiger partial charge in [0.2, 0.25) is 0 Å². The molecule has 0 heterocycles. The number of benzene rings is 1. The Labute approximate surface area is 112 Å². The monoisotopic (exact) mass is 249 g/mol. The first-order chi connectivity index (χ1) is 8.80. The lowest BCUT2D eigenvalue weighted by Crippen LogP contribution is -2.31. The van der Waals surface area contributed by atoms with E-state index in [0.29, 0.717) is 0 Å². The van der Waals surface area contributed by atoms with E-state index < -0.39 is 0 Å². The van der Waals surface area contributed by atoms with Crippen LogP contribution in [0.15, 0.2) is 24.3 Å². The smallest absolute Gasteiger partial charge is 0.119 e. The number of nitrogens with one attached hydrogen (secondary N) is 1. The Balaban J connectivity index is 2.47. The van der Waals surface area contributed by atoms with Gasteiger partial charge in [-0.25, -0.2) is 0 Å². The molecule has 1 aromatic rings. The molecule has 102 valence electrons. The molecule has 0 aliphatic carbocycles. The van der Waals surface area contributed by atoms with Crippen molar-refractivity contribution in [1.82, 2.24) is 5.32 Å². The number of rotatable bonds is 9. The number of aryl methyl sites for hydroxylation is 1. The van der Waals surface area contributed by atoms with Gasteiger partial charge in [-0.2, -0.15) is 0 Å². The highest BCUT2D eigenvalue weighted by Gasteiger charge is 2.08. The highest BCUT2D eigenvalue weighted by atomic mass is 16.5. The molecular weight excluding hydrogens is 222 g/mol. The lowest BCUT2D eigenvalue weighted by Gasteiger charge is -2.19. The van der Waals surface area contributed by atoms with Gasteiger partial charge in [0.15, 0.2) is 0 Å². The molecule has 2 heteroatoms. The third-order valence-corrected chi connectivity index (χ3v) is 3.04. The zero-order valence-electron chi connectivity index (χ0n) is 12.0. The van der Waals surface area contributed by atoms with Crippen LogP contribution in [0.2, 0.25) is 0 Å². The van der Waals surface area contributed by atoms with Crippen molar-refractivity contribution in [3.8, 4) is 5.75 Å². The van der Waals surface area contributed by atoms with Crippen LogP contribution in [0, 0.1) is 0 Å². The Bertz CT molecular complexity index is 307. The first kappa shape index (κ1) is 15.0. The predicted octanol–water partition coefficient (Wildman–Crippen LogP) is 3.80. The molecule has 1 atom stereocenters.